The molecule has 1 saturated heterocycles. The van der Waals surface area contributed by atoms with E-state index in [2.05, 4.69) is 76.0 Å². The van der Waals surface area contributed by atoms with E-state index >= 15 is 0 Å². The molecule has 3 heterocycles. The predicted octanol–water partition coefficient (Wildman–Crippen LogP) is 4.56. The molecule has 33 heavy (non-hydrogen) atoms. The second kappa shape index (κ2) is 10.6. The monoisotopic (exact) mass is 589 g/mol. The van der Waals surface area contributed by atoms with Crippen LogP contribution in [0, 0.1) is 3.57 Å². The van der Waals surface area contributed by atoms with E-state index in [1.807, 2.05) is 25.2 Å². The van der Waals surface area contributed by atoms with Crippen molar-refractivity contribution in [3.8, 4) is 0 Å². The first-order chi connectivity index (χ1) is 15.4. The third-order valence-corrected chi connectivity index (χ3v) is 11.6. The minimum Gasteiger partial charge on any atom is -0.414 e. The number of rotatable bonds is 9. The minimum absolute atomic E-state index is 0.126. The summed E-state index contributed by atoms with van der Waals surface area (Å²) in [5, 5.41) is 1.04. The Hall–Kier alpha value is -1.12. The van der Waals surface area contributed by atoms with E-state index < -0.39 is 8.32 Å². The van der Waals surface area contributed by atoms with Gasteiger partial charge in [0.1, 0.15) is 31.1 Å². The van der Waals surface area contributed by atoms with Crippen molar-refractivity contribution < 1.29 is 18.6 Å². The van der Waals surface area contributed by atoms with Crippen LogP contribution in [0.15, 0.2) is 17.5 Å². The highest BCUT2D eigenvalue weighted by Crippen LogP contribution is 2.39. The van der Waals surface area contributed by atoms with Crippen molar-refractivity contribution in [3.05, 3.63) is 16.1 Å². The molecule has 3 atom stereocenters. The lowest BCUT2D eigenvalue weighted by Gasteiger charge is -2.37. The van der Waals surface area contributed by atoms with Gasteiger partial charge in [-0.05, 0) is 40.7 Å². The molecule has 0 aliphatic carbocycles. The number of hydrogen-bond donors (Lipinski definition) is 0. The van der Waals surface area contributed by atoms with Crippen molar-refractivity contribution >= 4 is 54.1 Å². The van der Waals surface area contributed by atoms with Gasteiger partial charge in [-0.15, -0.1) is 0 Å². The topological polar surface area (TPSA) is 83.2 Å². The summed E-state index contributed by atoms with van der Waals surface area (Å²) in [4.78, 5) is 15.3. The van der Waals surface area contributed by atoms with Gasteiger partial charge in [0.15, 0.2) is 14.1 Å². The van der Waals surface area contributed by atoms with Gasteiger partial charge < -0.3 is 28.1 Å². The maximum Gasteiger partial charge on any atom is 0.192 e. The fourth-order valence-corrected chi connectivity index (χ4v) is 5.17. The quantitative estimate of drug-likeness (QED) is 0.140. The van der Waals surface area contributed by atoms with Crippen LogP contribution < -0.4 is 0 Å². The number of aliphatic imine (C=N–C) groups is 1. The molecule has 0 saturated carbocycles. The second-order valence-corrected chi connectivity index (χ2v) is 16.0. The predicted molar refractivity (Wildman–Crippen MR) is 141 cm³/mol. The van der Waals surface area contributed by atoms with E-state index in [4.69, 9.17) is 18.6 Å². The summed E-state index contributed by atoms with van der Waals surface area (Å²) >= 11 is 2.30. The summed E-state index contributed by atoms with van der Waals surface area (Å²) in [6, 6.07) is 0. The highest BCUT2D eigenvalue weighted by molar-refractivity contribution is 14.1. The van der Waals surface area contributed by atoms with Crippen molar-refractivity contribution in [2.24, 2.45) is 4.99 Å². The zero-order chi connectivity index (χ0) is 24.4. The lowest BCUT2D eigenvalue weighted by Crippen LogP contribution is -2.44. The smallest absolute Gasteiger partial charge is 0.192 e. The van der Waals surface area contributed by atoms with Gasteiger partial charge in [0.25, 0.3) is 0 Å². The van der Waals surface area contributed by atoms with Gasteiger partial charge in [0, 0.05) is 37.4 Å². The molecule has 0 N–H and O–H groups in total. The Bertz CT molecular complexity index is 976. The lowest BCUT2D eigenvalue weighted by molar-refractivity contribution is -0.106. The summed E-state index contributed by atoms with van der Waals surface area (Å²) in [5.41, 5.74) is 0.793. The van der Waals surface area contributed by atoms with Gasteiger partial charge >= 0.3 is 0 Å². The second-order valence-electron chi connectivity index (χ2n) is 10.0. The Balaban J connectivity index is 1.86. The molecule has 2 aromatic rings. The molecule has 0 bridgehead atoms. The van der Waals surface area contributed by atoms with Crippen LogP contribution in [0.2, 0.25) is 18.1 Å². The van der Waals surface area contributed by atoms with Crippen LogP contribution in [0.25, 0.3) is 11.0 Å². The summed E-state index contributed by atoms with van der Waals surface area (Å²) in [5.74, 6) is 0.639. The Kier molecular flexibility index (Phi) is 8.54. The molecule has 0 amide bonds. The molecular formula is C22H36IN5O4Si. The van der Waals surface area contributed by atoms with Gasteiger partial charge in [-0.25, -0.2) is 15.0 Å². The average Bonchev–Trinajstić information content (AvgIpc) is 3.29. The fourth-order valence-electron chi connectivity index (χ4n) is 3.37. The van der Waals surface area contributed by atoms with Crippen molar-refractivity contribution in [2.75, 3.05) is 34.6 Å². The molecule has 0 spiro atoms. The maximum absolute atomic E-state index is 6.49. The molecule has 1 aliphatic heterocycles. The normalized spacial score (nSPS) is 22.0. The van der Waals surface area contributed by atoms with Crippen LogP contribution in [0.3, 0.4) is 0 Å². The van der Waals surface area contributed by atoms with E-state index in [9.17, 15) is 0 Å². The molecule has 3 rings (SSSR count). The van der Waals surface area contributed by atoms with Crippen LogP contribution in [0.1, 0.15) is 33.4 Å². The van der Waals surface area contributed by atoms with E-state index in [1.54, 1.807) is 19.8 Å². The average molecular weight is 590 g/mol. The standard InChI is InChI=1S/C22H36IN5O4Si/c1-22(2,3)33(7,8)31-11-17-16(30-14-29-6)9-18(32-17)28-10-15(23)19-20(26-13-27(4)5)24-12-25-21(19)28/h10,12-13,16-18H,9,11,14H2,1-8H3/t16?,17-,18-/m1/s1. The van der Waals surface area contributed by atoms with Gasteiger partial charge in [-0.1, -0.05) is 20.8 Å². The van der Waals surface area contributed by atoms with Crippen LogP contribution in [0.4, 0.5) is 5.82 Å². The van der Waals surface area contributed by atoms with Gasteiger partial charge in [0.05, 0.1) is 24.4 Å². The van der Waals surface area contributed by atoms with E-state index in [0.29, 0.717) is 18.8 Å². The number of methoxy groups -OCH3 is 1. The summed E-state index contributed by atoms with van der Waals surface area (Å²) < 4.78 is 27.2. The number of halogens is 1. The molecule has 2 aromatic heterocycles. The van der Waals surface area contributed by atoms with Crippen molar-refractivity contribution in [3.63, 3.8) is 0 Å². The number of aromatic nitrogens is 3. The van der Waals surface area contributed by atoms with Gasteiger partial charge in [-0.2, -0.15) is 0 Å². The first-order valence-corrected chi connectivity index (χ1v) is 15.0. The third-order valence-electron chi connectivity index (χ3n) is 6.26. The largest absolute Gasteiger partial charge is 0.414 e. The number of hydrogen-bond acceptors (Lipinski definition) is 7. The molecule has 1 fully saturated rings. The van der Waals surface area contributed by atoms with Crippen LogP contribution in [-0.4, -0.2) is 80.9 Å². The molecular weight excluding hydrogens is 553 g/mol. The first kappa shape index (κ1) is 26.5. The van der Waals surface area contributed by atoms with Crippen LogP contribution >= 0.6 is 22.6 Å². The van der Waals surface area contributed by atoms with Gasteiger partial charge in [0.2, 0.25) is 0 Å². The summed E-state index contributed by atoms with van der Waals surface area (Å²) in [6.07, 6.45) is 5.45. The minimum atomic E-state index is -1.92. The van der Waals surface area contributed by atoms with E-state index in [0.717, 1.165) is 14.6 Å². The molecule has 1 unspecified atom stereocenters. The van der Waals surface area contributed by atoms with Crippen LogP contribution in [0.5, 0.6) is 0 Å². The van der Waals surface area contributed by atoms with Crippen LogP contribution in [-0.2, 0) is 18.6 Å². The number of fused-ring (bicyclic) bond motifs is 1. The Morgan fingerprint density at radius 3 is 2.70 bits per heavy atom. The summed E-state index contributed by atoms with van der Waals surface area (Å²) in [6.45, 7) is 11.9. The number of ether oxygens (including phenoxy) is 3. The molecule has 0 aromatic carbocycles. The highest BCUT2D eigenvalue weighted by Gasteiger charge is 2.42. The van der Waals surface area contributed by atoms with E-state index in [-0.39, 0.29) is 30.3 Å². The summed E-state index contributed by atoms with van der Waals surface area (Å²) in [7, 11) is 3.57. The molecule has 0 radical (unpaired) electrons. The Labute approximate surface area is 211 Å². The Morgan fingerprint density at radius 1 is 1.33 bits per heavy atom. The molecule has 11 heteroatoms. The zero-order valence-corrected chi connectivity index (χ0v) is 24.0. The molecule has 1 aliphatic rings. The maximum atomic E-state index is 6.49. The van der Waals surface area contributed by atoms with Crippen molar-refractivity contribution in [1.82, 2.24) is 19.4 Å². The number of nitrogens with zero attached hydrogens (tertiary/aromatic N) is 5. The highest BCUT2D eigenvalue weighted by atomic mass is 127. The third kappa shape index (κ3) is 6.12. The molecule has 184 valence electrons. The van der Waals surface area contributed by atoms with Gasteiger partial charge in [-0.3, -0.25) is 0 Å². The fraction of sp³-hybridized carbons (Fsp3) is 0.682. The molecule has 9 nitrogen and oxygen atoms in total. The SMILES string of the molecule is COCOC1C[C@H](n2cc(I)c3c(N=CN(C)C)ncnc32)O[C@@H]1CO[Si](C)(C)C(C)(C)C. The first-order valence-electron chi connectivity index (χ1n) is 11.1. The Morgan fingerprint density at radius 2 is 2.06 bits per heavy atom. The lowest BCUT2D eigenvalue weighted by atomic mass is 10.2. The van der Waals surface area contributed by atoms with E-state index in [1.165, 1.54) is 0 Å². The zero-order valence-electron chi connectivity index (χ0n) is 20.8. The van der Waals surface area contributed by atoms with Crippen molar-refractivity contribution in [1.29, 1.82) is 0 Å². The van der Waals surface area contributed by atoms with Crippen molar-refractivity contribution in [2.45, 2.75) is 63.8 Å².